The van der Waals surface area contributed by atoms with Crippen LogP contribution in [0.5, 0.6) is 0 Å². The first kappa shape index (κ1) is 68.1. The van der Waals surface area contributed by atoms with Crippen molar-refractivity contribution in [1.82, 2.24) is 0 Å². The quantitative estimate of drug-likeness (QED) is 0.0261. The number of carbonyl (C=O) groups excluding carboxylic acids is 3. The number of rotatable bonds is 56. The van der Waals surface area contributed by atoms with Crippen LogP contribution in [-0.2, 0) is 28.6 Å². The third-order valence-electron chi connectivity index (χ3n) is 13.5. The van der Waals surface area contributed by atoms with Gasteiger partial charge in [0.1, 0.15) is 13.2 Å². The molecular formula is C65H116O6. The predicted octanol–water partition coefficient (Wildman–Crippen LogP) is 20.8. The van der Waals surface area contributed by atoms with Crippen LogP contribution in [0, 0.1) is 0 Å². The normalized spacial score (nSPS) is 12.4. The van der Waals surface area contributed by atoms with Gasteiger partial charge in [-0.05, 0) is 83.5 Å². The lowest BCUT2D eigenvalue weighted by molar-refractivity contribution is -0.167. The number of allylic oxidation sites excluding steroid dienone is 10. The van der Waals surface area contributed by atoms with E-state index >= 15 is 0 Å². The first-order valence-corrected chi connectivity index (χ1v) is 30.8. The van der Waals surface area contributed by atoms with Gasteiger partial charge in [0.15, 0.2) is 6.10 Å². The van der Waals surface area contributed by atoms with Crippen LogP contribution in [-0.4, -0.2) is 37.2 Å². The summed E-state index contributed by atoms with van der Waals surface area (Å²) in [6, 6.07) is 0. The largest absolute Gasteiger partial charge is 0.462 e. The molecule has 0 aromatic carbocycles. The van der Waals surface area contributed by atoms with Gasteiger partial charge in [-0.2, -0.15) is 0 Å². The zero-order chi connectivity index (χ0) is 51.4. The van der Waals surface area contributed by atoms with E-state index in [1.807, 2.05) is 0 Å². The highest BCUT2D eigenvalue weighted by Gasteiger charge is 2.19. The second kappa shape index (κ2) is 59.7. The number of unbranched alkanes of at least 4 members (excludes halogenated alkanes) is 35. The van der Waals surface area contributed by atoms with Crippen LogP contribution in [0.4, 0.5) is 0 Å². The van der Waals surface area contributed by atoms with Gasteiger partial charge in [-0.25, -0.2) is 0 Å². The molecule has 1 unspecified atom stereocenters. The molecule has 6 heteroatoms. The van der Waals surface area contributed by atoms with E-state index in [9.17, 15) is 14.4 Å². The van der Waals surface area contributed by atoms with Gasteiger partial charge in [0.25, 0.3) is 0 Å². The van der Waals surface area contributed by atoms with Crippen LogP contribution in [0.3, 0.4) is 0 Å². The summed E-state index contributed by atoms with van der Waals surface area (Å²) >= 11 is 0. The Labute approximate surface area is 440 Å². The van der Waals surface area contributed by atoms with E-state index < -0.39 is 6.10 Å². The average Bonchev–Trinajstić information content (AvgIpc) is 3.37. The van der Waals surface area contributed by atoms with E-state index in [0.29, 0.717) is 19.3 Å². The van der Waals surface area contributed by atoms with Crippen LogP contribution < -0.4 is 0 Å². The Kier molecular flexibility index (Phi) is 57.2. The number of carbonyl (C=O) groups is 3. The molecule has 0 aliphatic rings. The fourth-order valence-corrected chi connectivity index (χ4v) is 8.90. The highest BCUT2D eigenvalue weighted by molar-refractivity contribution is 5.71. The molecule has 412 valence electrons. The number of hydrogen-bond acceptors (Lipinski definition) is 6. The van der Waals surface area contributed by atoms with Gasteiger partial charge in [0, 0.05) is 19.3 Å². The molecule has 71 heavy (non-hydrogen) atoms. The van der Waals surface area contributed by atoms with Crippen molar-refractivity contribution in [2.24, 2.45) is 0 Å². The van der Waals surface area contributed by atoms with Crippen molar-refractivity contribution in [3.05, 3.63) is 60.8 Å². The Morgan fingerprint density at radius 1 is 0.296 bits per heavy atom. The van der Waals surface area contributed by atoms with E-state index in [0.717, 1.165) is 89.9 Å². The molecule has 6 nitrogen and oxygen atoms in total. The van der Waals surface area contributed by atoms with E-state index in [2.05, 4.69) is 81.5 Å². The highest BCUT2D eigenvalue weighted by atomic mass is 16.6. The summed E-state index contributed by atoms with van der Waals surface area (Å²) in [6.07, 6.45) is 75.3. The lowest BCUT2D eigenvalue weighted by Gasteiger charge is -2.18. The van der Waals surface area contributed by atoms with Crippen molar-refractivity contribution in [2.75, 3.05) is 13.2 Å². The molecule has 0 aromatic heterocycles. The Morgan fingerprint density at radius 3 is 0.873 bits per heavy atom. The maximum absolute atomic E-state index is 12.8. The van der Waals surface area contributed by atoms with Crippen molar-refractivity contribution >= 4 is 17.9 Å². The van der Waals surface area contributed by atoms with Crippen molar-refractivity contribution < 1.29 is 28.6 Å². The topological polar surface area (TPSA) is 78.9 Å². The molecule has 0 aliphatic heterocycles. The molecule has 0 aromatic rings. The Balaban J connectivity index is 4.11. The fraction of sp³-hybridized carbons (Fsp3) is 0.800. The molecule has 0 amide bonds. The first-order chi connectivity index (χ1) is 35.0. The summed E-state index contributed by atoms with van der Waals surface area (Å²) in [5.74, 6) is -0.870. The van der Waals surface area contributed by atoms with Gasteiger partial charge in [-0.3, -0.25) is 14.4 Å². The smallest absolute Gasteiger partial charge is 0.306 e. The monoisotopic (exact) mass is 993 g/mol. The van der Waals surface area contributed by atoms with E-state index in [1.54, 1.807) is 0 Å². The zero-order valence-corrected chi connectivity index (χ0v) is 47.2. The molecule has 0 radical (unpaired) electrons. The predicted molar refractivity (Wildman–Crippen MR) is 307 cm³/mol. The molecule has 0 aliphatic carbocycles. The van der Waals surface area contributed by atoms with E-state index in [1.165, 1.54) is 186 Å². The minimum absolute atomic E-state index is 0.0731. The lowest BCUT2D eigenvalue weighted by Crippen LogP contribution is -2.30. The van der Waals surface area contributed by atoms with Gasteiger partial charge >= 0.3 is 17.9 Å². The molecule has 0 saturated heterocycles. The van der Waals surface area contributed by atoms with Crippen molar-refractivity contribution in [1.29, 1.82) is 0 Å². The van der Waals surface area contributed by atoms with E-state index in [-0.39, 0.29) is 31.1 Å². The van der Waals surface area contributed by atoms with E-state index in [4.69, 9.17) is 14.2 Å². The summed E-state index contributed by atoms with van der Waals surface area (Å²) in [5.41, 5.74) is 0. The molecule has 0 spiro atoms. The summed E-state index contributed by atoms with van der Waals surface area (Å²) in [4.78, 5) is 38.1. The highest BCUT2D eigenvalue weighted by Crippen LogP contribution is 2.17. The maximum Gasteiger partial charge on any atom is 0.306 e. The molecule has 0 bridgehead atoms. The van der Waals surface area contributed by atoms with Crippen molar-refractivity contribution in [2.45, 2.75) is 322 Å². The minimum atomic E-state index is -0.774. The second-order valence-electron chi connectivity index (χ2n) is 20.6. The fourth-order valence-electron chi connectivity index (χ4n) is 8.90. The third kappa shape index (κ3) is 57.9. The molecule has 1 atom stereocenters. The molecular weight excluding hydrogens is 877 g/mol. The van der Waals surface area contributed by atoms with Gasteiger partial charge in [0.05, 0.1) is 0 Å². The van der Waals surface area contributed by atoms with Crippen LogP contribution >= 0.6 is 0 Å². The number of ether oxygens (including phenoxy) is 3. The molecule has 0 saturated carbocycles. The van der Waals surface area contributed by atoms with Gasteiger partial charge < -0.3 is 14.2 Å². The first-order valence-electron chi connectivity index (χ1n) is 30.8. The Morgan fingerprint density at radius 2 is 0.549 bits per heavy atom. The van der Waals surface area contributed by atoms with Gasteiger partial charge in [-0.15, -0.1) is 0 Å². The summed E-state index contributed by atoms with van der Waals surface area (Å²) in [5, 5.41) is 0. The standard InChI is InChI=1S/C65H116O6/c1-4-7-10-13-16-19-21-23-25-26-27-28-29-30-31-32-33-34-35-36-37-38-40-41-43-46-49-52-55-58-64(67)70-61-62(60-69-63(66)57-54-51-48-45-18-15-12-9-6-3)71-65(68)59-56-53-50-47-44-42-39-24-22-20-17-14-11-8-5-2/h7,10,16,19,23-25,27-28,39,62H,4-6,8-9,11-15,17-18,20-22,26,29-38,40-61H2,1-3H3/b10-7-,19-16-,25-23-,28-27-,39-24-. The number of esters is 3. The third-order valence-corrected chi connectivity index (χ3v) is 13.5. The van der Waals surface area contributed by atoms with Crippen LogP contribution in [0.1, 0.15) is 316 Å². The summed E-state index contributed by atoms with van der Waals surface area (Å²) in [6.45, 7) is 6.53. The van der Waals surface area contributed by atoms with Crippen LogP contribution in [0.15, 0.2) is 60.8 Å². The van der Waals surface area contributed by atoms with Crippen LogP contribution in [0.25, 0.3) is 0 Å². The van der Waals surface area contributed by atoms with Crippen LogP contribution in [0.2, 0.25) is 0 Å². The molecule has 0 fully saturated rings. The zero-order valence-electron chi connectivity index (χ0n) is 47.2. The summed E-state index contributed by atoms with van der Waals surface area (Å²) in [7, 11) is 0. The summed E-state index contributed by atoms with van der Waals surface area (Å²) < 4.78 is 16.8. The Hall–Kier alpha value is -2.89. The molecule has 0 rings (SSSR count). The van der Waals surface area contributed by atoms with Crippen molar-refractivity contribution in [3.63, 3.8) is 0 Å². The number of hydrogen-bond donors (Lipinski definition) is 0. The average molecular weight is 994 g/mol. The van der Waals surface area contributed by atoms with Crippen molar-refractivity contribution in [3.8, 4) is 0 Å². The molecule has 0 heterocycles. The molecule has 0 N–H and O–H groups in total. The Bertz CT molecular complexity index is 1280. The van der Waals surface area contributed by atoms with Gasteiger partial charge in [0.2, 0.25) is 0 Å². The lowest BCUT2D eigenvalue weighted by atomic mass is 10.0. The van der Waals surface area contributed by atoms with Gasteiger partial charge in [-0.1, -0.05) is 274 Å². The SMILES string of the molecule is CC/C=C\C/C=C\C/C=C\C/C=C\CCCCCCCCCCCCCCCCCCC(=O)OCC(COC(=O)CCCCCCCCCCC)OC(=O)CCCCCCC/C=C\CCCCCCCC. The minimum Gasteiger partial charge on any atom is -0.462 e. The maximum atomic E-state index is 12.8. The second-order valence-corrected chi connectivity index (χ2v) is 20.6.